The summed E-state index contributed by atoms with van der Waals surface area (Å²) in [5.74, 6) is 0. The average Bonchev–Trinajstić information content (AvgIpc) is 3.34. The summed E-state index contributed by atoms with van der Waals surface area (Å²) >= 11 is 9.24. The molecule has 0 unspecified atom stereocenters. The molecule has 6 heteroatoms. The molecule has 188 valence electrons. The van der Waals surface area contributed by atoms with Gasteiger partial charge in [0.25, 0.3) is 0 Å². The van der Waals surface area contributed by atoms with E-state index in [4.69, 9.17) is 0 Å². The first-order valence-electron chi connectivity index (χ1n) is 11.6. The van der Waals surface area contributed by atoms with Crippen LogP contribution in [0.5, 0.6) is 0 Å². The second-order valence-corrected chi connectivity index (χ2v) is 11.9. The minimum Gasteiger partial charge on any atom is -1.00 e. The monoisotopic (exact) mass is 756 g/mol. The van der Waals surface area contributed by atoms with Crippen LogP contribution in [0.4, 0.5) is 0 Å². The Morgan fingerprint density at radius 2 is 1.26 bits per heavy atom. The molecule has 0 aromatic heterocycles. The van der Waals surface area contributed by atoms with Gasteiger partial charge in [-0.05, 0) is 39.3 Å². The van der Waals surface area contributed by atoms with Crippen LogP contribution >= 0.6 is 43.6 Å². The van der Waals surface area contributed by atoms with Gasteiger partial charge >= 0.3 is 26.2 Å². The largest absolute Gasteiger partial charge is 4.00 e. The number of halogens is 4. The molecule has 38 heavy (non-hydrogen) atoms. The molecule has 0 amide bonds. The Hall–Kier alpha value is -1.13. The zero-order chi connectivity index (χ0) is 24.1. The molecule has 0 radical (unpaired) electrons. The Kier molecular flexibility index (Phi) is 10.8. The van der Waals surface area contributed by atoms with Crippen LogP contribution in [0.1, 0.15) is 11.1 Å². The molecule has 2 bridgehead atoms. The van der Waals surface area contributed by atoms with Crippen LogP contribution in [0.25, 0.3) is 43.8 Å². The van der Waals surface area contributed by atoms with Crippen molar-refractivity contribution in [2.75, 3.05) is 0 Å². The average molecular weight is 761 g/mol. The van der Waals surface area contributed by atoms with Gasteiger partial charge in [-0.1, -0.05) is 95.2 Å². The molecule has 0 spiro atoms. The molecule has 2 aliphatic heterocycles. The van der Waals surface area contributed by atoms with Gasteiger partial charge in [-0.3, -0.25) is 0 Å². The third kappa shape index (κ3) is 6.12. The van der Waals surface area contributed by atoms with Crippen molar-refractivity contribution in [2.45, 2.75) is 23.6 Å². The van der Waals surface area contributed by atoms with Crippen LogP contribution in [-0.4, -0.2) is 0 Å². The maximum absolute atomic E-state index is 3.71. The van der Waals surface area contributed by atoms with Crippen LogP contribution in [0.3, 0.4) is 0 Å². The van der Waals surface area contributed by atoms with Crippen LogP contribution in [0.15, 0.2) is 116 Å². The van der Waals surface area contributed by atoms with Crippen molar-refractivity contribution >= 4 is 65.2 Å². The summed E-state index contributed by atoms with van der Waals surface area (Å²) in [5.41, 5.74) is 7.80. The zero-order valence-corrected chi connectivity index (χ0v) is 28.6. The molecule has 6 aromatic carbocycles. The minimum absolute atomic E-state index is 0. The smallest absolute Gasteiger partial charge is 1.00 e. The number of hydrogen-bond acceptors (Lipinski definition) is 1. The number of rotatable bonds is 1. The first kappa shape index (κ1) is 31.4. The third-order valence-corrected chi connectivity index (χ3v) is 8.92. The van der Waals surface area contributed by atoms with Gasteiger partial charge in [-0.2, -0.15) is 12.1 Å². The van der Waals surface area contributed by atoms with Crippen molar-refractivity contribution in [1.29, 1.82) is 0 Å². The molecule has 0 nitrogen and oxygen atoms in total. The number of benzene rings is 4. The molecule has 8 rings (SSSR count). The maximum Gasteiger partial charge on any atom is 4.00 e. The van der Waals surface area contributed by atoms with Gasteiger partial charge in [0, 0.05) is 4.90 Å². The van der Waals surface area contributed by atoms with Crippen molar-refractivity contribution in [1.82, 2.24) is 0 Å². The van der Waals surface area contributed by atoms with E-state index >= 15 is 0 Å². The van der Waals surface area contributed by atoms with Gasteiger partial charge < -0.3 is 24.8 Å². The summed E-state index contributed by atoms with van der Waals surface area (Å²) in [7, 11) is 0. The van der Waals surface area contributed by atoms with Crippen molar-refractivity contribution < 1.29 is 51.0 Å². The van der Waals surface area contributed by atoms with Crippen molar-refractivity contribution in [3.05, 3.63) is 117 Å². The number of fused-ring (bicyclic) bond motifs is 4. The summed E-state index contributed by atoms with van der Waals surface area (Å²) in [6.45, 7) is 4.29. The van der Waals surface area contributed by atoms with E-state index in [9.17, 15) is 0 Å². The molecule has 0 atom stereocenters. The molecule has 0 saturated heterocycles. The second kappa shape index (κ2) is 13.0. The number of aryl methyl sites for hydroxylation is 2. The SMILES string of the molecule is Cc1cc2c3c(cc(Br)c2[cH-]1)-c1ccc(cc1)S3.Cc1cc2cc(-c3ccccc3)cc(Br)c2[cH-]1.[Cl-].[Cl-].[Zr+4]. The zero-order valence-electron chi connectivity index (χ0n) is 20.7. The van der Waals surface area contributed by atoms with Gasteiger partial charge in [0.2, 0.25) is 0 Å². The minimum atomic E-state index is 0. The van der Waals surface area contributed by atoms with Crippen LogP contribution < -0.4 is 24.8 Å². The second-order valence-electron chi connectivity index (χ2n) is 9.08. The Morgan fingerprint density at radius 3 is 1.97 bits per heavy atom. The molecular weight excluding hydrogens is 738 g/mol. The molecule has 2 aliphatic rings. The predicted molar refractivity (Wildman–Crippen MR) is 159 cm³/mol. The van der Waals surface area contributed by atoms with Gasteiger partial charge in [-0.25, -0.2) is 0 Å². The first-order chi connectivity index (χ1) is 17.0. The van der Waals surface area contributed by atoms with E-state index < -0.39 is 0 Å². The molecule has 2 heterocycles. The summed E-state index contributed by atoms with van der Waals surface area (Å²) in [4.78, 5) is 2.71. The fraction of sp³-hybridized carbons (Fsp3) is 0.0625. The standard InChI is InChI=1S/C16H10BrS.C16H12Br.2ClH.Zr/c1-9-6-13-14(7-9)16-12(8-15(13)17)10-2-4-11(18-16)5-3-10;1-11-7-14-9-13(10-16(17)15(14)8-11)12-5-3-2-4-6-12;;;/h2-8H,1H3;2-10H,1H3;2*1H;/q2*-1;;;+4/p-2. The topological polar surface area (TPSA) is 0 Å². The Labute approximate surface area is 276 Å². The fourth-order valence-corrected chi connectivity index (χ4v) is 7.04. The van der Waals surface area contributed by atoms with Gasteiger partial charge in [0.1, 0.15) is 0 Å². The van der Waals surface area contributed by atoms with E-state index in [0.717, 1.165) is 0 Å². The summed E-state index contributed by atoms with van der Waals surface area (Å²) in [6.07, 6.45) is 0. The van der Waals surface area contributed by atoms with Crippen molar-refractivity contribution in [3.63, 3.8) is 0 Å². The Bertz CT molecular complexity index is 1700. The molecule has 0 saturated carbocycles. The first-order valence-corrected chi connectivity index (χ1v) is 14.0. The van der Waals surface area contributed by atoms with E-state index in [2.05, 4.69) is 137 Å². The van der Waals surface area contributed by atoms with Crippen molar-refractivity contribution in [2.24, 2.45) is 0 Å². The molecular formula is C32H22Br2Cl2SZr. The van der Waals surface area contributed by atoms with E-state index in [1.54, 1.807) is 0 Å². The predicted octanol–water partition coefficient (Wildman–Crippen LogP) is 5.06. The summed E-state index contributed by atoms with van der Waals surface area (Å²) < 4.78 is 2.36. The summed E-state index contributed by atoms with van der Waals surface area (Å²) in [5, 5.41) is 5.28. The third-order valence-electron chi connectivity index (χ3n) is 6.46. The van der Waals surface area contributed by atoms with Crippen molar-refractivity contribution in [3.8, 4) is 22.3 Å². The van der Waals surface area contributed by atoms with Crippen LogP contribution in [0, 0.1) is 13.8 Å². The molecule has 0 aliphatic carbocycles. The van der Waals surface area contributed by atoms with Gasteiger partial charge in [-0.15, -0.1) is 76.7 Å². The molecule has 0 fully saturated rings. The van der Waals surface area contributed by atoms with Gasteiger partial charge in [0.15, 0.2) is 0 Å². The van der Waals surface area contributed by atoms with Crippen LogP contribution in [-0.2, 0) is 26.2 Å². The normalized spacial score (nSPS) is 10.9. The van der Waals surface area contributed by atoms with Gasteiger partial charge in [0.05, 0.1) is 0 Å². The maximum atomic E-state index is 3.71. The number of hydrogen-bond donors (Lipinski definition) is 0. The quantitative estimate of drug-likeness (QED) is 0.211. The van der Waals surface area contributed by atoms with E-state index in [0.29, 0.717) is 0 Å². The van der Waals surface area contributed by atoms with E-state index in [-0.39, 0.29) is 51.0 Å². The molecule has 6 aromatic rings. The van der Waals surface area contributed by atoms with E-state index in [1.165, 1.54) is 73.7 Å². The summed E-state index contributed by atoms with van der Waals surface area (Å²) in [6, 6.07) is 35.0. The fourth-order valence-electron chi connectivity index (χ4n) is 4.82. The van der Waals surface area contributed by atoms with Crippen LogP contribution in [0.2, 0.25) is 0 Å². The Morgan fingerprint density at radius 1 is 0.632 bits per heavy atom. The van der Waals surface area contributed by atoms with E-state index in [1.807, 2.05) is 17.8 Å². The molecule has 0 N–H and O–H groups in total. The Balaban J connectivity index is 0.000000195.